The molecule has 10 nitrogen and oxygen atoms in total. The number of nitriles is 1. The molecule has 152 valence electrons. The van der Waals surface area contributed by atoms with Crippen LogP contribution in [0.4, 0.5) is 5.82 Å². The lowest BCUT2D eigenvalue weighted by Crippen LogP contribution is -2.50. The summed E-state index contributed by atoms with van der Waals surface area (Å²) in [7, 11) is 3.55. The van der Waals surface area contributed by atoms with E-state index < -0.39 is 5.54 Å². The molecule has 0 bridgehead atoms. The highest BCUT2D eigenvalue weighted by Gasteiger charge is 2.47. The Morgan fingerprint density at radius 1 is 1.30 bits per heavy atom. The van der Waals surface area contributed by atoms with Gasteiger partial charge in [0.2, 0.25) is 0 Å². The summed E-state index contributed by atoms with van der Waals surface area (Å²) in [5.41, 5.74) is 9.77. The highest BCUT2D eigenvalue weighted by molar-refractivity contribution is 5.83. The number of ether oxygens (including phenoxy) is 1. The largest absolute Gasteiger partial charge is 0.382 e. The minimum atomic E-state index is -0.403. The van der Waals surface area contributed by atoms with Gasteiger partial charge in [-0.1, -0.05) is 0 Å². The fraction of sp³-hybridized carbons (Fsp3) is 0.350. The van der Waals surface area contributed by atoms with E-state index in [1.807, 2.05) is 36.4 Å². The topological polar surface area (TPSA) is 125 Å². The molecule has 1 saturated carbocycles. The maximum atomic E-state index is 9.36. The van der Waals surface area contributed by atoms with Gasteiger partial charge in [-0.15, -0.1) is 0 Å². The monoisotopic (exact) mass is 403 g/mol. The predicted octanol–water partition coefficient (Wildman–Crippen LogP) is 1.99. The van der Waals surface area contributed by atoms with Gasteiger partial charge in [-0.05, 0) is 18.9 Å². The lowest BCUT2D eigenvalue weighted by molar-refractivity contribution is -0.0540. The molecule has 0 saturated heterocycles. The average molecular weight is 403 g/mol. The molecule has 0 spiro atoms. The van der Waals surface area contributed by atoms with Gasteiger partial charge in [0.25, 0.3) is 0 Å². The summed E-state index contributed by atoms with van der Waals surface area (Å²) in [4.78, 5) is 4.87. The SMILES string of the molecule is COC1CC(CC#N)(n2cc(-c3nc(-c4cnn(C)c4)cn4nccc34)c(N)n2)C1. The fourth-order valence-electron chi connectivity index (χ4n) is 4.14. The Morgan fingerprint density at radius 3 is 2.83 bits per heavy atom. The number of nitrogens with zero attached hydrogens (tertiary/aromatic N) is 8. The van der Waals surface area contributed by atoms with Crippen LogP contribution in [0.15, 0.2) is 37.1 Å². The van der Waals surface area contributed by atoms with Crippen LogP contribution in [0.2, 0.25) is 0 Å². The standard InChI is InChI=1S/C20H21N9O/c1-27-10-13(9-24-27)16-12-28-17(3-6-23-28)18(25-16)15-11-29(26-19(15)22)20(4-5-21)7-14(8-20)30-2/h3,6,9-12,14H,4,7-8H2,1-2H3,(H2,22,26). The molecule has 10 heteroatoms. The van der Waals surface area contributed by atoms with Crippen LogP contribution >= 0.6 is 0 Å². The normalized spacial score (nSPS) is 20.9. The Hall–Kier alpha value is -3.71. The van der Waals surface area contributed by atoms with Crippen LogP contribution < -0.4 is 5.73 Å². The highest BCUT2D eigenvalue weighted by atomic mass is 16.5. The molecule has 0 atom stereocenters. The zero-order valence-corrected chi connectivity index (χ0v) is 16.7. The summed E-state index contributed by atoms with van der Waals surface area (Å²) < 4.78 is 10.8. The summed E-state index contributed by atoms with van der Waals surface area (Å²) in [6.45, 7) is 0. The lowest BCUT2D eigenvalue weighted by Gasteiger charge is -2.45. The van der Waals surface area contributed by atoms with Crippen molar-refractivity contribution in [1.29, 1.82) is 5.26 Å². The number of aryl methyl sites for hydroxylation is 1. The first-order valence-corrected chi connectivity index (χ1v) is 9.62. The second kappa shape index (κ2) is 6.67. The molecule has 0 amide bonds. The zero-order chi connectivity index (χ0) is 20.9. The molecule has 0 aromatic carbocycles. The van der Waals surface area contributed by atoms with Crippen LogP contribution in [0.3, 0.4) is 0 Å². The smallest absolute Gasteiger partial charge is 0.155 e. The quantitative estimate of drug-likeness (QED) is 0.540. The summed E-state index contributed by atoms with van der Waals surface area (Å²) in [6, 6.07) is 4.17. The van der Waals surface area contributed by atoms with Crippen LogP contribution in [0.5, 0.6) is 0 Å². The number of fused-ring (bicyclic) bond motifs is 1. The third kappa shape index (κ3) is 2.74. The first kappa shape index (κ1) is 18.3. The molecule has 5 rings (SSSR count). The molecule has 0 aliphatic heterocycles. The van der Waals surface area contributed by atoms with Crippen LogP contribution in [0.1, 0.15) is 19.3 Å². The Labute approximate surface area is 172 Å². The minimum Gasteiger partial charge on any atom is -0.382 e. The number of anilines is 1. The number of methoxy groups -OCH3 is 1. The van der Waals surface area contributed by atoms with E-state index >= 15 is 0 Å². The number of nitrogens with two attached hydrogens (primary N) is 1. The van der Waals surface area contributed by atoms with Crippen LogP contribution in [-0.4, -0.2) is 47.4 Å². The fourth-order valence-corrected chi connectivity index (χ4v) is 4.14. The van der Waals surface area contributed by atoms with E-state index in [2.05, 4.69) is 21.4 Å². The van der Waals surface area contributed by atoms with Gasteiger partial charge in [0.05, 0.1) is 59.5 Å². The molecule has 0 unspecified atom stereocenters. The van der Waals surface area contributed by atoms with E-state index in [0.717, 1.165) is 29.6 Å². The number of aromatic nitrogens is 7. The third-order valence-electron chi connectivity index (χ3n) is 5.83. The summed E-state index contributed by atoms with van der Waals surface area (Å²) in [6.07, 6.45) is 11.1. The minimum absolute atomic E-state index is 0.126. The van der Waals surface area contributed by atoms with Gasteiger partial charge >= 0.3 is 0 Å². The van der Waals surface area contributed by atoms with E-state index in [9.17, 15) is 5.26 Å². The molecular weight excluding hydrogens is 382 g/mol. The molecule has 1 fully saturated rings. The molecular formula is C20H21N9O. The van der Waals surface area contributed by atoms with Crippen molar-refractivity contribution in [2.24, 2.45) is 7.05 Å². The zero-order valence-electron chi connectivity index (χ0n) is 16.7. The number of hydrogen-bond donors (Lipinski definition) is 1. The predicted molar refractivity (Wildman–Crippen MR) is 109 cm³/mol. The van der Waals surface area contributed by atoms with E-state index in [-0.39, 0.29) is 6.10 Å². The molecule has 0 radical (unpaired) electrons. The number of rotatable bonds is 5. The number of nitrogen functional groups attached to an aromatic ring is 1. The molecule has 2 N–H and O–H groups in total. The van der Waals surface area contributed by atoms with Crippen molar-refractivity contribution in [3.63, 3.8) is 0 Å². The van der Waals surface area contributed by atoms with E-state index in [1.165, 1.54) is 0 Å². The van der Waals surface area contributed by atoms with Crippen molar-refractivity contribution in [1.82, 2.24) is 34.2 Å². The van der Waals surface area contributed by atoms with Gasteiger partial charge in [-0.3, -0.25) is 9.36 Å². The van der Waals surface area contributed by atoms with Gasteiger partial charge in [0.1, 0.15) is 5.69 Å². The maximum Gasteiger partial charge on any atom is 0.155 e. The van der Waals surface area contributed by atoms with Crippen LogP contribution in [0, 0.1) is 11.3 Å². The Kier molecular flexibility index (Phi) is 4.08. The number of hydrogen-bond acceptors (Lipinski definition) is 7. The third-order valence-corrected chi connectivity index (χ3v) is 5.83. The van der Waals surface area contributed by atoms with Crippen LogP contribution in [0.25, 0.3) is 28.0 Å². The Balaban J connectivity index is 1.63. The van der Waals surface area contributed by atoms with E-state index in [4.69, 9.17) is 15.5 Å². The van der Waals surface area contributed by atoms with Crippen molar-refractivity contribution < 1.29 is 4.74 Å². The maximum absolute atomic E-state index is 9.36. The first-order chi connectivity index (χ1) is 14.5. The summed E-state index contributed by atoms with van der Waals surface area (Å²) in [5.74, 6) is 0.368. The van der Waals surface area contributed by atoms with E-state index in [0.29, 0.717) is 23.5 Å². The second-order valence-corrected chi connectivity index (χ2v) is 7.74. The Bertz CT molecular complexity index is 1270. The van der Waals surface area contributed by atoms with Gasteiger partial charge in [-0.2, -0.15) is 20.6 Å². The molecule has 30 heavy (non-hydrogen) atoms. The van der Waals surface area contributed by atoms with Crippen molar-refractivity contribution in [3.05, 3.63) is 37.1 Å². The van der Waals surface area contributed by atoms with Crippen molar-refractivity contribution >= 4 is 11.3 Å². The van der Waals surface area contributed by atoms with E-state index in [1.54, 1.807) is 28.7 Å². The average Bonchev–Trinajstić information content (AvgIpc) is 3.43. The molecule has 4 aromatic heterocycles. The summed E-state index contributed by atoms with van der Waals surface area (Å²) in [5, 5.41) is 22.5. The van der Waals surface area contributed by atoms with Gasteiger partial charge in [-0.25, -0.2) is 9.50 Å². The molecule has 1 aliphatic rings. The highest BCUT2D eigenvalue weighted by Crippen LogP contribution is 2.44. The van der Waals surface area contributed by atoms with Gasteiger partial charge < -0.3 is 10.5 Å². The molecule has 4 heterocycles. The molecule has 1 aliphatic carbocycles. The van der Waals surface area contributed by atoms with Crippen molar-refractivity contribution in [2.45, 2.75) is 30.9 Å². The van der Waals surface area contributed by atoms with Crippen LogP contribution in [-0.2, 0) is 17.3 Å². The van der Waals surface area contributed by atoms with Gasteiger partial charge in [0.15, 0.2) is 5.82 Å². The Morgan fingerprint density at radius 2 is 2.13 bits per heavy atom. The van der Waals surface area contributed by atoms with Crippen molar-refractivity contribution in [2.75, 3.05) is 12.8 Å². The lowest BCUT2D eigenvalue weighted by atomic mass is 9.72. The first-order valence-electron chi connectivity index (χ1n) is 9.62. The van der Waals surface area contributed by atoms with Gasteiger partial charge in [0, 0.05) is 32.1 Å². The van der Waals surface area contributed by atoms with Crippen molar-refractivity contribution in [3.8, 4) is 28.6 Å². The second-order valence-electron chi connectivity index (χ2n) is 7.74. The summed E-state index contributed by atoms with van der Waals surface area (Å²) >= 11 is 0. The molecule has 4 aromatic rings.